The molecule has 0 unspecified atom stereocenters. The topological polar surface area (TPSA) is 184 Å². The van der Waals surface area contributed by atoms with Gasteiger partial charge in [-0.25, -0.2) is 4.79 Å². The van der Waals surface area contributed by atoms with E-state index in [1.54, 1.807) is 33.8 Å². The van der Waals surface area contributed by atoms with Crippen molar-refractivity contribution in [3.63, 3.8) is 0 Å². The summed E-state index contributed by atoms with van der Waals surface area (Å²) in [6, 6.07) is -1.08. The number of cyclic esters (lactones) is 1. The molecule has 0 aromatic carbocycles. The Morgan fingerprint density at radius 2 is 1.54 bits per heavy atom. The SMILES string of the molecule is CC[C@H]1OC(=O)[C@H](C)[C@@H](O[C@H]2C[C@@](C)(OC)[C@@H](OC(C)=O)[C@H](C)O2)[C@H](C)[C@@H](O[C@@H]2O[C@H](C)C[C@H](N(C)C)[C@H]2OC(C)=O)[C@@]2(C)C[C@@H](C)C(=O)[C@H](C)[C@H]3N(C/C=C\CO2)C(=O)O[C@]13C. The maximum Gasteiger partial charge on any atom is 0.411 e. The smallest absolute Gasteiger partial charge is 0.411 e. The molecule has 4 saturated heterocycles. The van der Waals surface area contributed by atoms with Gasteiger partial charge in [-0.2, -0.15) is 0 Å². The van der Waals surface area contributed by atoms with Gasteiger partial charge in [-0.15, -0.1) is 0 Å². The van der Waals surface area contributed by atoms with Crippen LogP contribution < -0.4 is 0 Å². The second-order valence-electron chi connectivity index (χ2n) is 19.4. The molecule has 0 spiro atoms. The molecular formula is C46H74N2O15. The minimum absolute atomic E-state index is 0.0632. The minimum Gasteiger partial charge on any atom is -0.458 e. The maximum atomic E-state index is 14.9. The third-order valence-electron chi connectivity index (χ3n) is 14.2. The molecule has 0 radical (unpaired) electrons. The van der Waals surface area contributed by atoms with Gasteiger partial charge in [-0.05, 0) is 74.9 Å². The Balaban J connectivity index is 1.72. The number of Topliss-reactive ketones (excluding diaryl/α,β-unsaturated/α-hetero) is 1. The summed E-state index contributed by atoms with van der Waals surface area (Å²) >= 11 is 0. The van der Waals surface area contributed by atoms with Crippen molar-refractivity contribution in [2.45, 2.75) is 193 Å². The van der Waals surface area contributed by atoms with E-state index in [4.69, 9.17) is 47.4 Å². The van der Waals surface area contributed by atoms with Crippen LogP contribution in [0.2, 0.25) is 0 Å². The molecule has 17 heteroatoms. The van der Waals surface area contributed by atoms with Crippen LogP contribution in [0.25, 0.3) is 0 Å². The number of ketones is 1. The number of hydrogen-bond donors (Lipinski definition) is 0. The fourth-order valence-electron chi connectivity index (χ4n) is 10.9. The summed E-state index contributed by atoms with van der Waals surface area (Å²) in [5.74, 6) is -4.98. The lowest BCUT2D eigenvalue weighted by Gasteiger charge is -2.50. The molecule has 17 nitrogen and oxygen atoms in total. The zero-order valence-corrected chi connectivity index (χ0v) is 40.1. The van der Waals surface area contributed by atoms with E-state index in [1.807, 2.05) is 66.6 Å². The summed E-state index contributed by atoms with van der Waals surface area (Å²) in [5, 5.41) is 0. The Morgan fingerprint density at radius 1 is 0.873 bits per heavy atom. The number of hydrogen-bond acceptors (Lipinski definition) is 16. The largest absolute Gasteiger partial charge is 0.458 e. The van der Waals surface area contributed by atoms with Crippen molar-refractivity contribution < 1.29 is 71.3 Å². The van der Waals surface area contributed by atoms with Gasteiger partial charge in [0, 0.05) is 51.7 Å². The lowest BCUT2D eigenvalue weighted by Crippen LogP contribution is -2.62. The van der Waals surface area contributed by atoms with Crippen LogP contribution in [0.3, 0.4) is 0 Å². The van der Waals surface area contributed by atoms with E-state index in [1.165, 1.54) is 25.9 Å². The van der Waals surface area contributed by atoms with Gasteiger partial charge in [0.2, 0.25) is 0 Å². The van der Waals surface area contributed by atoms with E-state index in [0.717, 1.165) is 0 Å². The molecule has 5 aliphatic rings. The van der Waals surface area contributed by atoms with E-state index >= 15 is 0 Å². The quantitative estimate of drug-likeness (QED) is 0.171. The van der Waals surface area contributed by atoms with E-state index in [0.29, 0.717) is 6.42 Å². The van der Waals surface area contributed by atoms with Crippen molar-refractivity contribution in [1.82, 2.24) is 9.80 Å². The Bertz CT molecular complexity index is 1690. The van der Waals surface area contributed by atoms with Gasteiger partial charge in [0.25, 0.3) is 0 Å². The monoisotopic (exact) mass is 895 g/mol. The summed E-state index contributed by atoms with van der Waals surface area (Å²) in [6.07, 6.45) is -3.70. The molecule has 5 rings (SSSR count). The van der Waals surface area contributed by atoms with Gasteiger partial charge < -0.3 is 52.3 Å². The zero-order chi connectivity index (χ0) is 46.9. The Hall–Kier alpha value is -3.19. The van der Waals surface area contributed by atoms with Gasteiger partial charge in [-0.3, -0.25) is 24.1 Å². The van der Waals surface area contributed by atoms with Crippen molar-refractivity contribution >= 4 is 29.8 Å². The normalized spacial score (nSPS) is 44.6. The van der Waals surface area contributed by atoms with Crippen molar-refractivity contribution in [2.75, 3.05) is 34.4 Å². The first-order valence-corrected chi connectivity index (χ1v) is 22.6. The molecule has 4 fully saturated rings. The van der Waals surface area contributed by atoms with Crippen LogP contribution in [0.15, 0.2) is 12.2 Å². The number of rotatable bonds is 9. The minimum atomic E-state index is -1.40. The summed E-state index contributed by atoms with van der Waals surface area (Å²) in [5.41, 5.74) is -3.75. The number of carbonyl (C=O) groups is 5. The fraction of sp³-hybridized carbons (Fsp3) is 0.848. The number of ether oxygens (including phenoxy) is 10. The van der Waals surface area contributed by atoms with Crippen molar-refractivity contribution in [2.24, 2.45) is 23.7 Å². The highest BCUT2D eigenvalue weighted by atomic mass is 16.7. The van der Waals surface area contributed by atoms with Crippen LogP contribution in [0.4, 0.5) is 4.79 Å². The lowest BCUT2D eigenvalue weighted by atomic mass is 9.73. The van der Waals surface area contributed by atoms with E-state index < -0.39 is 120 Å². The summed E-state index contributed by atoms with van der Waals surface area (Å²) < 4.78 is 64.3. The number of fused-ring (bicyclic) bond motifs is 4. The predicted octanol–water partition coefficient (Wildman–Crippen LogP) is 4.99. The fourth-order valence-corrected chi connectivity index (χ4v) is 10.9. The molecular weight excluding hydrogens is 821 g/mol. The van der Waals surface area contributed by atoms with Crippen LogP contribution >= 0.6 is 0 Å². The van der Waals surface area contributed by atoms with Gasteiger partial charge in [-0.1, -0.05) is 39.8 Å². The summed E-state index contributed by atoms with van der Waals surface area (Å²) in [7, 11) is 5.33. The molecule has 63 heavy (non-hydrogen) atoms. The lowest BCUT2D eigenvalue weighted by molar-refractivity contribution is -0.321. The standard InChI is InChI=1S/C46H74N2O15/c1-16-33-46(12)38-26(4)35(51)24(2)22-45(11,55-20-18-17-19-48(38)43(53)63-46)39(62-42-37(58-30(8)49)32(47(13)14)21-25(3)56-42)27(5)36(28(6)41(52)60-33)61-34-23-44(10,54-15)40(29(7)57-34)59-31(9)50/h17-18,24-29,32-34,36-40,42H,16,19-23H2,1-15H3/b18-17-/t24-,25-,26+,27+,28-,29+,32+,33-,34+,36+,37-,38-,39-,40+,42+,44-,45-,46-/m1/s1. The average Bonchev–Trinajstić information content (AvgIpc) is 3.46. The van der Waals surface area contributed by atoms with E-state index in [2.05, 4.69) is 0 Å². The highest BCUT2D eigenvalue weighted by molar-refractivity contribution is 5.85. The number of likely N-dealkylation sites (N-methyl/N-ethyl adjacent to an activating group) is 1. The molecule has 0 saturated carbocycles. The molecule has 0 aromatic rings. The Kier molecular flexibility index (Phi) is 16.2. The van der Waals surface area contributed by atoms with E-state index in [-0.39, 0.29) is 50.3 Å². The molecule has 2 bridgehead atoms. The first-order valence-electron chi connectivity index (χ1n) is 22.6. The third kappa shape index (κ3) is 10.6. The second kappa shape index (κ2) is 20.1. The summed E-state index contributed by atoms with van der Waals surface area (Å²) in [4.78, 5) is 71.9. The second-order valence-corrected chi connectivity index (χ2v) is 19.4. The highest BCUT2D eigenvalue weighted by Gasteiger charge is 2.61. The van der Waals surface area contributed by atoms with Crippen LogP contribution in [0.5, 0.6) is 0 Å². The molecule has 358 valence electrons. The molecule has 0 N–H and O–H groups in total. The van der Waals surface area contributed by atoms with Crippen molar-refractivity contribution in [3.8, 4) is 0 Å². The molecule has 5 aliphatic heterocycles. The maximum absolute atomic E-state index is 14.9. The molecule has 5 heterocycles. The van der Waals surface area contributed by atoms with Crippen LogP contribution in [-0.4, -0.2) is 158 Å². The van der Waals surface area contributed by atoms with Crippen molar-refractivity contribution in [1.29, 1.82) is 0 Å². The van der Waals surface area contributed by atoms with Gasteiger partial charge in [0.1, 0.15) is 17.5 Å². The number of nitrogens with zero attached hydrogens (tertiary/aromatic N) is 2. The Labute approximate surface area is 373 Å². The zero-order valence-electron chi connectivity index (χ0n) is 40.1. The third-order valence-corrected chi connectivity index (χ3v) is 14.2. The van der Waals surface area contributed by atoms with E-state index in [9.17, 15) is 24.0 Å². The van der Waals surface area contributed by atoms with Crippen LogP contribution in [-0.2, 0) is 66.5 Å². The highest BCUT2D eigenvalue weighted by Crippen LogP contribution is 2.45. The predicted molar refractivity (Wildman–Crippen MR) is 227 cm³/mol. The number of carbonyl (C=O) groups excluding carboxylic acids is 5. The summed E-state index contributed by atoms with van der Waals surface area (Å²) in [6.45, 7) is 21.0. The molecule has 1 amide bonds. The van der Waals surface area contributed by atoms with Gasteiger partial charge >= 0.3 is 24.0 Å². The first kappa shape index (κ1) is 50.8. The van der Waals surface area contributed by atoms with Crippen molar-refractivity contribution in [3.05, 3.63) is 12.2 Å². The molecule has 0 aliphatic carbocycles. The molecule has 18 atom stereocenters. The first-order chi connectivity index (χ1) is 29.4. The Morgan fingerprint density at radius 3 is 2.14 bits per heavy atom. The number of esters is 3. The number of methoxy groups -OCH3 is 1. The number of amides is 1. The van der Waals surface area contributed by atoms with Gasteiger partial charge in [0.15, 0.2) is 30.4 Å². The molecule has 0 aromatic heterocycles. The average molecular weight is 895 g/mol. The van der Waals surface area contributed by atoms with Crippen LogP contribution in [0.1, 0.15) is 109 Å². The van der Waals surface area contributed by atoms with Crippen LogP contribution in [0, 0.1) is 23.7 Å². The van der Waals surface area contributed by atoms with Gasteiger partial charge in [0.05, 0.1) is 54.6 Å².